The minimum Gasteiger partial charge on any atom is -0.140 e. The third kappa shape index (κ3) is 8.19. The van der Waals surface area contributed by atoms with Crippen molar-refractivity contribution in [3.63, 3.8) is 0 Å². The van der Waals surface area contributed by atoms with Gasteiger partial charge in [-0.25, -0.2) is 0 Å². The molecule has 230 valence electrons. The molecule has 0 atom stereocenters. The Kier molecular flexibility index (Phi) is 13.3. The topological polar surface area (TPSA) is 0 Å². The third-order valence-corrected chi connectivity index (χ3v) is 11.1. The summed E-state index contributed by atoms with van der Waals surface area (Å²) in [6, 6.07) is 17.5. The SMILES string of the molecule is CCCCCCCCC1(CCCCCCCC)c2cc(C)ccc2-c2ccc(-c3sc(C)cc3CCCCCC)cc21. The maximum Gasteiger partial charge on any atom is 0.0377 e. The van der Waals surface area contributed by atoms with E-state index < -0.39 is 0 Å². The largest absolute Gasteiger partial charge is 0.140 e. The fourth-order valence-electron chi connectivity index (χ4n) is 7.57. The van der Waals surface area contributed by atoms with Gasteiger partial charge in [0, 0.05) is 15.2 Å². The maximum atomic E-state index is 2.67. The molecule has 42 heavy (non-hydrogen) atoms. The molecule has 1 aromatic heterocycles. The molecule has 0 N–H and O–H groups in total. The molecular formula is C41H60S. The van der Waals surface area contributed by atoms with Crippen LogP contribution in [-0.4, -0.2) is 0 Å². The van der Waals surface area contributed by atoms with E-state index in [-0.39, 0.29) is 5.41 Å². The predicted octanol–water partition coefficient (Wildman–Crippen LogP) is 13.9. The number of thiophene rings is 1. The van der Waals surface area contributed by atoms with Crippen molar-refractivity contribution < 1.29 is 0 Å². The monoisotopic (exact) mass is 584 g/mol. The molecule has 0 unspecified atom stereocenters. The zero-order chi connectivity index (χ0) is 29.8. The number of benzene rings is 2. The van der Waals surface area contributed by atoms with Crippen LogP contribution in [0.25, 0.3) is 21.6 Å². The highest BCUT2D eigenvalue weighted by Gasteiger charge is 2.42. The van der Waals surface area contributed by atoms with Gasteiger partial charge in [0.25, 0.3) is 0 Å². The lowest BCUT2D eigenvalue weighted by Crippen LogP contribution is -2.25. The van der Waals surface area contributed by atoms with Gasteiger partial charge in [-0.3, -0.25) is 0 Å². The first-order valence-electron chi connectivity index (χ1n) is 17.9. The van der Waals surface area contributed by atoms with E-state index in [0.29, 0.717) is 0 Å². The Morgan fingerprint density at radius 3 is 1.69 bits per heavy atom. The zero-order valence-corrected chi connectivity index (χ0v) is 28.7. The number of aryl methyl sites for hydroxylation is 3. The van der Waals surface area contributed by atoms with Crippen LogP contribution in [0.15, 0.2) is 42.5 Å². The van der Waals surface area contributed by atoms with E-state index in [1.54, 1.807) is 16.7 Å². The van der Waals surface area contributed by atoms with E-state index in [1.807, 2.05) is 11.3 Å². The summed E-state index contributed by atoms with van der Waals surface area (Å²) in [5.74, 6) is 0. The number of fused-ring (bicyclic) bond motifs is 3. The van der Waals surface area contributed by atoms with Crippen molar-refractivity contribution in [3.8, 4) is 21.6 Å². The normalized spacial score (nSPS) is 13.5. The summed E-state index contributed by atoms with van der Waals surface area (Å²) in [4.78, 5) is 2.99. The molecule has 0 amide bonds. The van der Waals surface area contributed by atoms with Crippen LogP contribution in [0.2, 0.25) is 0 Å². The Labute approximate surface area is 263 Å². The molecule has 0 saturated heterocycles. The first kappa shape index (κ1) is 33.0. The van der Waals surface area contributed by atoms with Gasteiger partial charge in [-0.15, -0.1) is 11.3 Å². The van der Waals surface area contributed by atoms with Crippen LogP contribution in [-0.2, 0) is 11.8 Å². The molecule has 0 fully saturated rings. The lowest BCUT2D eigenvalue weighted by molar-refractivity contribution is 0.398. The van der Waals surface area contributed by atoms with E-state index in [1.165, 1.54) is 154 Å². The minimum atomic E-state index is 0.163. The Hall–Kier alpha value is -1.86. The lowest BCUT2D eigenvalue weighted by atomic mass is 9.70. The maximum absolute atomic E-state index is 2.67. The van der Waals surface area contributed by atoms with Crippen LogP contribution in [0.5, 0.6) is 0 Å². The molecule has 1 aliphatic rings. The van der Waals surface area contributed by atoms with Crippen molar-refractivity contribution in [2.24, 2.45) is 0 Å². The third-order valence-electron chi connectivity index (χ3n) is 9.92. The van der Waals surface area contributed by atoms with Gasteiger partial charge in [0.2, 0.25) is 0 Å². The number of hydrogen-bond acceptors (Lipinski definition) is 1. The highest BCUT2D eigenvalue weighted by atomic mass is 32.1. The van der Waals surface area contributed by atoms with Crippen molar-refractivity contribution >= 4 is 11.3 Å². The predicted molar refractivity (Wildman–Crippen MR) is 189 cm³/mol. The molecule has 1 aliphatic carbocycles. The fourth-order valence-corrected chi connectivity index (χ4v) is 8.63. The van der Waals surface area contributed by atoms with E-state index in [0.717, 1.165) is 0 Å². The van der Waals surface area contributed by atoms with Gasteiger partial charge in [0.1, 0.15) is 0 Å². The quantitative estimate of drug-likeness (QED) is 0.116. The summed E-state index contributed by atoms with van der Waals surface area (Å²) in [7, 11) is 0. The van der Waals surface area contributed by atoms with Crippen LogP contribution in [0.4, 0.5) is 0 Å². The van der Waals surface area contributed by atoms with Crippen LogP contribution in [0, 0.1) is 13.8 Å². The molecule has 0 radical (unpaired) electrons. The first-order valence-corrected chi connectivity index (χ1v) is 18.7. The molecule has 0 aliphatic heterocycles. The molecule has 0 bridgehead atoms. The van der Waals surface area contributed by atoms with Crippen LogP contribution < -0.4 is 0 Å². The smallest absolute Gasteiger partial charge is 0.0377 e. The standard InChI is InChI=1S/C41H60S/c1-6-9-12-15-17-20-27-41(28-21-18-16-13-10-7-2)38-29-32(4)23-25-36(38)37-26-24-35(31-39(37)41)40-34(30-33(5)42-40)22-19-14-11-8-3/h23-26,29-31H,6-22,27-28H2,1-5H3. The van der Waals surface area contributed by atoms with E-state index >= 15 is 0 Å². The van der Waals surface area contributed by atoms with Crippen molar-refractivity contribution in [2.45, 2.75) is 162 Å². The molecule has 0 spiro atoms. The minimum absolute atomic E-state index is 0.163. The molecule has 0 saturated carbocycles. The zero-order valence-electron chi connectivity index (χ0n) is 27.9. The van der Waals surface area contributed by atoms with Gasteiger partial charge in [0.05, 0.1) is 0 Å². The average molecular weight is 585 g/mol. The molecule has 1 heteroatoms. The van der Waals surface area contributed by atoms with Crippen LogP contribution in [0.1, 0.15) is 163 Å². The Morgan fingerprint density at radius 2 is 1.07 bits per heavy atom. The number of unbranched alkanes of at least 4 members (excludes halogenated alkanes) is 13. The molecule has 3 aromatic rings. The summed E-state index contributed by atoms with van der Waals surface area (Å²) >= 11 is 2.02. The molecule has 2 aromatic carbocycles. The summed E-state index contributed by atoms with van der Waals surface area (Å²) in [6.45, 7) is 11.6. The molecular weight excluding hydrogens is 525 g/mol. The lowest BCUT2D eigenvalue weighted by Gasteiger charge is -2.33. The summed E-state index contributed by atoms with van der Waals surface area (Å²) in [5.41, 5.74) is 10.9. The van der Waals surface area contributed by atoms with E-state index in [2.05, 4.69) is 77.1 Å². The molecule has 0 nitrogen and oxygen atoms in total. The van der Waals surface area contributed by atoms with Gasteiger partial charge in [-0.05, 0) is 85.0 Å². The number of hydrogen-bond donors (Lipinski definition) is 0. The highest BCUT2D eigenvalue weighted by Crippen LogP contribution is 2.55. The molecule has 1 heterocycles. The van der Waals surface area contributed by atoms with Crippen molar-refractivity contribution in [3.05, 3.63) is 69.6 Å². The van der Waals surface area contributed by atoms with Gasteiger partial charge >= 0.3 is 0 Å². The summed E-state index contributed by atoms with van der Waals surface area (Å²) in [5, 5.41) is 0. The van der Waals surface area contributed by atoms with Gasteiger partial charge in [-0.2, -0.15) is 0 Å². The second-order valence-electron chi connectivity index (χ2n) is 13.4. The van der Waals surface area contributed by atoms with Crippen LogP contribution >= 0.6 is 11.3 Å². The summed E-state index contributed by atoms with van der Waals surface area (Å²) in [6.07, 6.45) is 25.6. The van der Waals surface area contributed by atoms with Gasteiger partial charge in [0.15, 0.2) is 0 Å². The Balaban J connectivity index is 1.69. The highest BCUT2D eigenvalue weighted by molar-refractivity contribution is 7.15. The van der Waals surface area contributed by atoms with Crippen molar-refractivity contribution in [2.75, 3.05) is 0 Å². The Morgan fingerprint density at radius 1 is 0.548 bits per heavy atom. The van der Waals surface area contributed by atoms with Crippen molar-refractivity contribution in [1.82, 2.24) is 0 Å². The number of rotatable bonds is 20. The average Bonchev–Trinajstić information content (AvgIpc) is 3.49. The van der Waals surface area contributed by atoms with Gasteiger partial charge < -0.3 is 0 Å². The van der Waals surface area contributed by atoms with E-state index in [4.69, 9.17) is 0 Å². The first-order chi connectivity index (χ1) is 20.5. The fraction of sp³-hybridized carbons (Fsp3) is 0.610. The van der Waals surface area contributed by atoms with E-state index in [9.17, 15) is 0 Å². The van der Waals surface area contributed by atoms with Crippen LogP contribution in [0.3, 0.4) is 0 Å². The molecule has 4 rings (SSSR count). The van der Waals surface area contributed by atoms with Gasteiger partial charge in [-0.1, -0.05) is 153 Å². The second kappa shape index (κ2) is 16.8. The Bertz CT molecular complexity index is 1210. The van der Waals surface area contributed by atoms with Crippen molar-refractivity contribution in [1.29, 1.82) is 0 Å². The summed E-state index contributed by atoms with van der Waals surface area (Å²) < 4.78 is 0. The second-order valence-corrected chi connectivity index (χ2v) is 14.7.